The molecule has 8 heteroatoms. The molecule has 0 amide bonds. The van der Waals surface area contributed by atoms with Gasteiger partial charge < -0.3 is 21.9 Å². The van der Waals surface area contributed by atoms with Crippen LogP contribution >= 0.6 is 11.3 Å². The highest BCUT2D eigenvalue weighted by molar-refractivity contribution is 7.13. The van der Waals surface area contributed by atoms with Crippen LogP contribution in [-0.2, 0) is 13.6 Å². The van der Waals surface area contributed by atoms with Gasteiger partial charge in [0.25, 0.3) is 0 Å². The third-order valence-corrected chi connectivity index (χ3v) is 4.13. The fourth-order valence-electron chi connectivity index (χ4n) is 2.17. The number of rotatable bonds is 6. The van der Waals surface area contributed by atoms with E-state index in [9.17, 15) is 0 Å². The first kappa shape index (κ1) is 18.3. The quantitative estimate of drug-likeness (QED) is 0.437. The minimum absolute atomic E-state index is 0. The molecule has 0 bridgehead atoms. The van der Waals surface area contributed by atoms with Crippen molar-refractivity contribution in [3.63, 3.8) is 0 Å². The van der Waals surface area contributed by atoms with Gasteiger partial charge in [-0.2, -0.15) is 0 Å². The van der Waals surface area contributed by atoms with Gasteiger partial charge in [-0.05, 0) is 24.3 Å². The van der Waals surface area contributed by atoms with Crippen molar-refractivity contribution in [2.45, 2.75) is 6.54 Å². The van der Waals surface area contributed by atoms with Gasteiger partial charge in [0.15, 0.2) is 0 Å². The number of nitrogens with zero attached hydrogens (tertiary/aromatic N) is 6. The number of imidazole rings is 1. The Morgan fingerprint density at radius 2 is 2.04 bits per heavy atom. The molecule has 126 valence electrons. The first-order chi connectivity index (χ1) is 11.2. The molecular formula is C16H19BrN6S. The van der Waals surface area contributed by atoms with E-state index in [0.29, 0.717) is 5.13 Å². The molecular weight excluding hydrogens is 388 g/mol. The second-order valence-electron chi connectivity index (χ2n) is 5.27. The Morgan fingerprint density at radius 1 is 1.25 bits per heavy atom. The molecule has 0 aliphatic carbocycles. The van der Waals surface area contributed by atoms with E-state index < -0.39 is 0 Å². The molecule has 2 aromatic heterocycles. The Hall–Kier alpha value is -2.06. The van der Waals surface area contributed by atoms with Gasteiger partial charge >= 0.3 is 0 Å². The minimum atomic E-state index is 0. The van der Waals surface area contributed by atoms with Crippen LogP contribution in [0.2, 0.25) is 0 Å². The lowest BCUT2D eigenvalue weighted by atomic mass is 10.2. The molecule has 0 aliphatic heterocycles. The summed E-state index contributed by atoms with van der Waals surface area (Å²) in [4.78, 5) is 6.30. The lowest BCUT2D eigenvalue weighted by Gasteiger charge is -2.18. The number of benzene rings is 1. The Morgan fingerprint density at radius 3 is 2.67 bits per heavy atom. The van der Waals surface area contributed by atoms with E-state index in [2.05, 4.69) is 56.4 Å². The molecule has 0 saturated heterocycles. The maximum Gasteiger partial charge on any atom is 0.243 e. The molecule has 0 aliphatic rings. The summed E-state index contributed by atoms with van der Waals surface area (Å²) in [6, 6.07) is 8.06. The average Bonchev–Trinajstić information content (AvgIpc) is 3.22. The normalized spacial score (nSPS) is 10.8. The number of hydrogen-bond donors (Lipinski definition) is 0. The van der Waals surface area contributed by atoms with Crippen LogP contribution < -0.4 is 26.4 Å². The van der Waals surface area contributed by atoms with E-state index in [-0.39, 0.29) is 17.0 Å². The molecule has 2 heterocycles. The second-order valence-corrected chi connectivity index (χ2v) is 6.14. The summed E-state index contributed by atoms with van der Waals surface area (Å²) >= 11 is 1.47. The van der Waals surface area contributed by atoms with E-state index in [1.54, 1.807) is 6.20 Å². The molecule has 0 atom stereocenters. The van der Waals surface area contributed by atoms with E-state index >= 15 is 0 Å². The van der Waals surface area contributed by atoms with Crippen LogP contribution in [0.4, 0.5) is 16.5 Å². The third-order valence-electron chi connectivity index (χ3n) is 3.48. The van der Waals surface area contributed by atoms with E-state index in [4.69, 9.17) is 0 Å². The van der Waals surface area contributed by atoms with Crippen molar-refractivity contribution in [2.24, 2.45) is 17.3 Å². The van der Waals surface area contributed by atoms with Gasteiger partial charge in [-0.1, -0.05) is 0 Å². The summed E-state index contributed by atoms with van der Waals surface area (Å²) in [5.41, 5.74) is 1.99. The first-order valence-corrected chi connectivity index (χ1v) is 8.22. The van der Waals surface area contributed by atoms with Crippen LogP contribution in [0, 0.1) is 0 Å². The fraction of sp³-hybridized carbons (Fsp3) is 0.250. The summed E-state index contributed by atoms with van der Waals surface area (Å²) in [5, 5.41) is 10.9. The zero-order chi connectivity index (χ0) is 16.1. The van der Waals surface area contributed by atoms with Gasteiger partial charge in [0.1, 0.15) is 18.9 Å². The van der Waals surface area contributed by atoms with Gasteiger partial charge in [-0.15, -0.1) is 21.6 Å². The smallest absolute Gasteiger partial charge is 0.243 e. The van der Waals surface area contributed by atoms with Crippen molar-refractivity contribution in [2.75, 3.05) is 18.5 Å². The zero-order valence-electron chi connectivity index (χ0n) is 13.6. The predicted octanol–water partition coefficient (Wildman–Crippen LogP) is 0.325. The lowest BCUT2D eigenvalue weighted by Crippen LogP contribution is -3.00. The molecule has 0 radical (unpaired) electrons. The molecule has 3 rings (SSSR count). The van der Waals surface area contributed by atoms with Crippen molar-refractivity contribution in [1.29, 1.82) is 0 Å². The summed E-state index contributed by atoms with van der Waals surface area (Å²) in [5.74, 6) is 0. The van der Waals surface area contributed by atoms with Crippen LogP contribution in [0.15, 0.2) is 64.8 Å². The summed E-state index contributed by atoms with van der Waals surface area (Å²) in [6.07, 6.45) is 7.93. The average molecular weight is 407 g/mol. The molecule has 24 heavy (non-hydrogen) atoms. The van der Waals surface area contributed by atoms with Crippen LogP contribution in [-0.4, -0.2) is 23.1 Å². The Kier molecular flexibility index (Phi) is 6.62. The molecule has 1 aromatic carbocycles. The van der Waals surface area contributed by atoms with Gasteiger partial charge in [0.2, 0.25) is 11.5 Å². The molecule has 0 unspecified atom stereocenters. The van der Waals surface area contributed by atoms with Crippen molar-refractivity contribution in [3.05, 3.63) is 54.6 Å². The maximum absolute atomic E-state index is 4.19. The molecule has 0 N–H and O–H groups in total. The number of halogens is 1. The van der Waals surface area contributed by atoms with Crippen molar-refractivity contribution in [1.82, 2.24) is 9.55 Å². The molecule has 0 saturated carbocycles. The van der Waals surface area contributed by atoms with E-state index in [1.165, 1.54) is 11.3 Å². The second kappa shape index (κ2) is 8.70. The third kappa shape index (κ3) is 4.97. The monoisotopic (exact) mass is 406 g/mol. The number of azo groups is 1. The van der Waals surface area contributed by atoms with E-state index in [1.807, 2.05) is 35.3 Å². The number of thiazole rings is 1. The fourth-order valence-corrected chi connectivity index (χ4v) is 2.62. The van der Waals surface area contributed by atoms with Gasteiger partial charge in [-0.3, -0.25) is 0 Å². The number of anilines is 1. The Labute approximate surface area is 155 Å². The predicted molar refractivity (Wildman–Crippen MR) is 91.6 cm³/mol. The maximum atomic E-state index is 4.19. The van der Waals surface area contributed by atoms with Crippen LogP contribution in [0.25, 0.3) is 0 Å². The highest BCUT2D eigenvalue weighted by Crippen LogP contribution is 2.22. The lowest BCUT2D eigenvalue weighted by molar-refractivity contribution is -0.671. The summed E-state index contributed by atoms with van der Waals surface area (Å²) in [6.45, 7) is 1.89. The minimum Gasteiger partial charge on any atom is -1.00 e. The van der Waals surface area contributed by atoms with Crippen LogP contribution in [0.1, 0.15) is 0 Å². The topological polar surface area (TPSA) is 49.7 Å². The van der Waals surface area contributed by atoms with Gasteiger partial charge in [0.05, 0.1) is 19.3 Å². The van der Waals surface area contributed by atoms with Crippen molar-refractivity contribution >= 4 is 27.8 Å². The highest BCUT2D eigenvalue weighted by Gasteiger charge is 2.04. The highest BCUT2D eigenvalue weighted by atomic mass is 79.9. The Balaban J connectivity index is 0.00000208. The standard InChI is InChI=1S/C16H19N6S.BrH/c1-20-8-10-22(13-20)11-9-21(2)15-5-3-14(4-6-15)18-19-16-17-7-12-23-16;/h3-8,10,12-13H,9,11H2,1-2H3;1H/q+1;/p-1. The van der Waals surface area contributed by atoms with Gasteiger partial charge in [0, 0.05) is 24.3 Å². The van der Waals surface area contributed by atoms with Crippen molar-refractivity contribution in [3.8, 4) is 0 Å². The summed E-state index contributed by atoms with van der Waals surface area (Å²) in [7, 11) is 4.12. The number of aromatic nitrogens is 3. The number of hydrogen-bond acceptors (Lipinski definition) is 5. The van der Waals surface area contributed by atoms with Crippen LogP contribution in [0.5, 0.6) is 0 Å². The Bertz CT molecular complexity index is 766. The SMILES string of the molecule is CN(CCn1cc[n+](C)c1)c1ccc(N=Nc2nccs2)cc1.[Br-]. The van der Waals surface area contributed by atoms with Gasteiger partial charge in [-0.25, -0.2) is 14.1 Å². The van der Waals surface area contributed by atoms with Crippen LogP contribution in [0.3, 0.4) is 0 Å². The molecule has 6 nitrogen and oxygen atoms in total. The summed E-state index contributed by atoms with van der Waals surface area (Å²) < 4.78 is 4.22. The first-order valence-electron chi connectivity index (χ1n) is 7.34. The number of likely N-dealkylation sites (N-methyl/N-ethyl adjacent to an activating group) is 1. The largest absolute Gasteiger partial charge is 1.00 e. The van der Waals surface area contributed by atoms with E-state index in [0.717, 1.165) is 24.5 Å². The molecule has 0 spiro atoms. The molecule has 3 aromatic rings. The van der Waals surface area contributed by atoms with Crippen molar-refractivity contribution < 1.29 is 21.5 Å². The number of aryl methyl sites for hydroxylation is 1. The zero-order valence-corrected chi connectivity index (χ0v) is 16.0. The molecule has 0 fully saturated rings.